The van der Waals surface area contributed by atoms with Crippen LogP contribution in [0.25, 0.3) is 10.8 Å². The van der Waals surface area contributed by atoms with E-state index in [1.165, 1.54) is 0 Å². The largest absolute Gasteiger partial charge is 0.339 e. The van der Waals surface area contributed by atoms with Crippen LogP contribution in [0.2, 0.25) is 0 Å². The molecule has 1 fully saturated rings. The van der Waals surface area contributed by atoms with E-state index in [2.05, 4.69) is 10.4 Å². The van der Waals surface area contributed by atoms with Gasteiger partial charge < -0.3 is 10.2 Å². The van der Waals surface area contributed by atoms with E-state index in [1.54, 1.807) is 29.2 Å². The van der Waals surface area contributed by atoms with Gasteiger partial charge in [0.05, 0.1) is 17.3 Å². The minimum Gasteiger partial charge on any atom is -0.339 e. The van der Waals surface area contributed by atoms with Gasteiger partial charge in [-0.15, -0.1) is 0 Å². The molecule has 0 aliphatic carbocycles. The fourth-order valence-corrected chi connectivity index (χ4v) is 4.14. The van der Waals surface area contributed by atoms with E-state index in [0.717, 1.165) is 21.5 Å². The summed E-state index contributed by atoms with van der Waals surface area (Å²) in [6, 6.07) is 12.4. The quantitative estimate of drug-likeness (QED) is 0.606. The Labute approximate surface area is 190 Å². The summed E-state index contributed by atoms with van der Waals surface area (Å²) in [6.07, 6.45) is 0. The second-order valence-electron chi connectivity index (χ2n) is 8.35. The summed E-state index contributed by atoms with van der Waals surface area (Å²) in [5, 5.41) is 6.07. The highest BCUT2D eigenvalue weighted by Gasteiger charge is 2.23. The maximum Gasteiger partial charge on any atom is 0.273 e. The highest BCUT2D eigenvalue weighted by atomic mass is 16.2. The molecule has 1 aromatic heterocycles. The van der Waals surface area contributed by atoms with Crippen LogP contribution in [0.1, 0.15) is 11.1 Å². The maximum absolute atomic E-state index is 12.8. The molecule has 1 aliphatic heterocycles. The average Bonchev–Trinajstić information content (AvgIpc) is 2.80. The molecule has 33 heavy (non-hydrogen) atoms. The smallest absolute Gasteiger partial charge is 0.273 e. The van der Waals surface area contributed by atoms with Gasteiger partial charge in [-0.3, -0.25) is 29.2 Å². The predicted molar refractivity (Wildman–Crippen MR) is 126 cm³/mol. The first kappa shape index (κ1) is 22.5. The number of nitrogens with one attached hydrogen (secondary N) is 2. The fourth-order valence-electron chi connectivity index (χ4n) is 4.14. The molecule has 0 saturated carbocycles. The molecule has 9 heteroatoms. The SMILES string of the molecule is Cc1cccc(C)c1NC(=O)CN1CCN(C(=O)Cn2[nH]c(=O)c3ccccc3c2=O)CC1. The van der Waals surface area contributed by atoms with E-state index in [9.17, 15) is 19.2 Å². The molecule has 0 spiro atoms. The maximum atomic E-state index is 12.8. The van der Waals surface area contributed by atoms with E-state index in [0.29, 0.717) is 31.6 Å². The van der Waals surface area contributed by atoms with Crippen LogP contribution >= 0.6 is 0 Å². The predicted octanol–water partition coefficient (Wildman–Crippen LogP) is 1.09. The lowest BCUT2D eigenvalue weighted by atomic mass is 10.1. The Morgan fingerprint density at radius 2 is 1.52 bits per heavy atom. The number of aromatic nitrogens is 2. The van der Waals surface area contributed by atoms with Gasteiger partial charge in [0, 0.05) is 31.9 Å². The van der Waals surface area contributed by atoms with Gasteiger partial charge in [-0.25, -0.2) is 4.68 Å². The first-order valence-corrected chi connectivity index (χ1v) is 10.9. The van der Waals surface area contributed by atoms with Crippen molar-refractivity contribution in [1.82, 2.24) is 19.6 Å². The number of aryl methyl sites for hydroxylation is 2. The van der Waals surface area contributed by atoms with Gasteiger partial charge in [0.2, 0.25) is 11.8 Å². The van der Waals surface area contributed by atoms with E-state index < -0.39 is 11.1 Å². The number of benzene rings is 2. The number of anilines is 1. The number of fused-ring (bicyclic) bond motifs is 1. The van der Waals surface area contributed by atoms with Gasteiger partial charge in [-0.1, -0.05) is 30.3 Å². The molecule has 0 unspecified atom stereocenters. The summed E-state index contributed by atoms with van der Waals surface area (Å²) in [4.78, 5) is 53.8. The first-order valence-electron chi connectivity index (χ1n) is 10.9. The van der Waals surface area contributed by atoms with E-state index in [4.69, 9.17) is 0 Å². The number of nitrogens with zero attached hydrogens (tertiary/aromatic N) is 3. The third-order valence-corrected chi connectivity index (χ3v) is 6.01. The summed E-state index contributed by atoms with van der Waals surface area (Å²) in [6.45, 7) is 5.93. The van der Waals surface area contributed by atoms with Gasteiger partial charge in [0.25, 0.3) is 11.1 Å². The molecule has 1 aliphatic rings. The van der Waals surface area contributed by atoms with Crippen LogP contribution in [0.15, 0.2) is 52.1 Å². The zero-order valence-corrected chi connectivity index (χ0v) is 18.8. The molecule has 3 aromatic rings. The summed E-state index contributed by atoms with van der Waals surface area (Å²) in [7, 11) is 0. The molecule has 0 atom stereocenters. The van der Waals surface area contributed by atoms with Gasteiger partial charge in [-0.2, -0.15) is 0 Å². The third kappa shape index (κ3) is 4.88. The molecule has 2 heterocycles. The van der Waals surface area contributed by atoms with Crippen LogP contribution in [0.5, 0.6) is 0 Å². The van der Waals surface area contributed by atoms with Crippen molar-refractivity contribution in [2.45, 2.75) is 20.4 Å². The Bertz CT molecular complexity index is 1300. The standard InChI is InChI=1S/C24H27N5O4/c1-16-6-5-7-17(2)22(16)25-20(30)14-27-10-12-28(13-11-27)21(31)15-29-24(33)19-9-4-3-8-18(19)23(32)26-29/h3-9H,10-15H2,1-2H3,(H,25,30)(H,26,32). The summed E-state index contributed by atoms with van der Waals surface area (Å²) < 4.78 is 1.07. The van der Waals surface area contributed by atoms with Crippen LogP contribution in [-0.2, 0) is 16.1 Å². The van der Waals surface area contributed by atoms with E-state index in [-0.39, 0.29) is 30.3 Å². The Hall–Kier alpha value is -3.72. The van der Waals surface area contributed by atoms with Crippen molar-refractivity contribution < 1.29 is 9.59 Å². The number of carbonyl (C=O) groups is 2. The number of para-hydroxylation sites is 1. The lowest BCUT2D eigenvalue weighted by molar-refractivity contribution is -0.134. The Kier molecular flexibility index (Phi) is 6.41. The van der Waals surface area contributed by atoms with E-state index >= 15 is 0 Å². The Morgan fingerprint density at radius 1 is 0.879 bits per heavy atom. The number of hydrogen-bond donors (Lipinski definition) is 2. The van der Waals surface area contributed by atoms with Gasteiger partial charge >= 0.3 is 0 Å². The highest BCUT2D eigenvalue weighted by Crippen LogP contribution is 2.19. The Morgan fingerprint density at radius 3 is 2.18 bits per heavy atom. The van der Waals surface area contributed by atoms with Crippen molar-refractivity contribution in [2.24, 2.45) is 0 Å². The number of amides is 2. The summed E-state index contributed by atoms with van der Waals surface area (Å²) >= 11 is 0. The molecule has 2 aromatic carbocycles. The molecule has 1 saturated heterocycles. The van der Waals surface area contributed by atoms with Crippen molar-refractivity contribution in [3.8, 4) is 0 Å². The van der Waals surface area contributed by atoms with Crippen molar-refractivity contribution in [2.75, 3.05) is 38.0 Å². The molecule has 4 rings (SSSR count). The van der Waals surface area contributed by atoms with Crippen LogP contribution in [0.4, 0.5) is 5.69 Å². The van der Waals surface area contributed by atoms with Crippen molar-refractivity contribution in [1.29, 1.82) is 0 Å². The number of aromatic amines is 1. The summed E-state index contributed by atoms with van der Waals surface area (Å²) in [5.41, 5.74) is 2.06. The van der Waals surface area contributed by atoms with Crippen LogP contribution < -0.4 is 16.4 Å². The molecule has 2 N–H and O–H groups in total. The zero-order valence-electron chi connectivity index (χ0n) is 18.8. The Balaban J connectivity index is 1.34. The van der Waals surface area contributed by atoms with Crippen LogP contribution in [0.3, 0.4) is 0 Å². The monoisotopic (exact) mass is 449 g/mol. The highest BCUT2D eigenvalue weighted by molar-refractivity contribution is 5.93. The van der Waals surface area contributed by atoms with Gasteiger partial charge in [0.15, 0.2) is 0 Å². The van der Waals surface area contributed by atoms with E-state index in [1.807, 2.05) is 36.9 Å². The fraction of sp³-hybridized carbons (Fsp3) is 0.333. The second kappa shape index (κ2) is 9.41. The number of carbonyl (C=O) groups excluding carboxylic acids is 2. The van der Waals surface area contributed by atoms with Crippen LogP contribution in [-0.4, -0.2) is 64.1 Å². The number of rotatable bonds is 5. The van der Waals surface area contributed by atoms with Gasteiger partial charge in [-0.05, 0) is 37.1 Å². The lowest BCUT2D eigenvalue weighted by Crippen LogP contribution is -2.51. The normalized spacial score (nSPS) is 14.4. The van der Waals surface area contributed by atoms with Crippen molar-refractivity contribution >= 4 is 28.3 Å². The molecular weight excluding hydrogens is 422 g/mol. The molecule has 0 radical (unpaired) electrons. The number of hydrogen-bond acceptors (Lipinski definition) is 5. The average molecular weight is 450 g/mol. The molecule has 9 nitrogen and oxygen atoms in total. The summed E-state index contributed by atoms with van der Waals surface area (Å²) in [5.74, 6) is -0.338. The molecule has 0 bridgehead atoms. The molecule has 172 valence electrons. The molecule has 2 amide bonds. The zero-order chi connectivity index (χ0) is 23.5. The van der Waals surface area contributed by atoms with Gasteiger partial charge in [0.1, 0.15) is 6.54 Å². The van der Waals surface area contributed by atoms with Crippen molar-refractivity contribution in [3.63, 3.8) is 0 Å². The first-order chi connectivity index (χ1) is 15.8. The third-order valence-electron chi connectivity index (χ3n) is 6.01. The minimum atomic E-state index is -0.405. The number of piperazine rings is 1. The second-order valence-corrected chi connectivity index (χ2v) is 8.35. The topological polar surface area (TPSA) is 108 Å². The molecular formula is C24H27N5O4. The minimum absolute atomic E-state index is 0.0903. The van der Waals surface area contributed by atoms with Crippen LogP contribution in [0, 0.1) is 13.8 Å². The lowest BCUT2D eigenvalue weighted by Gasteiger charge is -2.34. The van der Waals surface area contributed by atoms with Crippen molar-refractivity contribution in [3.05, 3.63) is 74.3 Å². The number of H-pyrrole nitrogens is 1.